The van der Waals surface area contributed by atoms with Gasteiger partial charge in [0, 0.05) is 17.6 Å². The minimum Gasteiger partial charge on any atom is -0.341 e. The topological polar surface area (TPSA) is 20.3 Å². The predicted molar refractivity (Wildman–Crippen MR) is 61.0 cm³/mol. The number of hydrogen-bond acceptors (Lipinski definition) is 1. The fourth-order valence-corrected chi connectivity index (χ4v) is 1.75. The van der Waals surface area contributed by atoms with Crippen molar-refractivity contribution in [3.63, 3.8) is 0 Å². The number of carbonyl (C=O) groups excluding carboxylic acids is 1. The van der Waals surface area contributed by atoms with Gasteiger partial charge in [-0.25, -0.2) is 0 Å². The molecular formula is C11H14BrNO. The largest absolute Gasteiger partial charge is 0.341 e. The first-order chi connectivity index (χ1) is 6.67. The van der Waals surface area contributed by atoms with E-state index < -0.39 is 0 Å². The van der Waals surface area contributed by atoms with Crippen molar-refractivity contribution in [1.82, 2.24) is 4.90 Å². The van der Waals surface area contributed by atoms with Crippen molar-refractivity contribution in [2.45, 2.75) is 20.4 Å². The van der Waals surface area contributed by atoms with Crippen LogP contribution in [0.1, 0.15) is 18.1 Å². The van der Waals surface area contributed by atoms with Gasteiger partial charge in [-0.3, -0.25) is 4.79 Å². The van der Waals surface area contributed by atoms with E-state index in [2.05, 4.69) is 28.9 Å². The summed E-state index contributed by atoms with van der Waals surface area (Å²) in [7, 11) is 0. The molecular weight excluding hydrogens is 242 g/mol. The second kappa shape index (κ2) is 5.15. The van der Waals surface area contributed by atoms with E-state index in [1.165, 1.54) is 11.1 Å². The highest BCUT2D eigenvalue weighted by atomic mass is 79.9. The molecule has 0 heterocycles. The van der Waals surface area contributed by atoms with Crippen molar-refractivity contribution in [2.75, 3.05) is 6.54 Å². The van der Waals surface area contributed by atoms with Gasteiger partial charge in [-0.1, -0.05) is 22.0 Å². The van der Waals surface area contributed by atoms with E-state index in [1.54, 1.807) is 4.90 Å². The maximum Gasteiger partial charge on any atom is 0.209 e. The van der Waals surface area contributed by atoms with Crippen LogP contribution in [0.5, 0.6) is 0 Å². The quantitative estimate of drug-likeness (QED) is 0.758. The van der Waals surface area contributed by atoms with E-state index in [4.69, 9.17) is 0 Å². The van der Waals surface area contributed by atoms with E-state index >= 15 is 0 Å². The Kier molecular flexibility index (Phi) is 4.14. The average Bonchev–Trinajstić information content (AvgIpc) is 2.17. The van der Waals surface area contributed by atoms with Crippen LogP contribution in [-0.2, 0) is 11.3 Å². The molecule has 1 aromatic rings. The van der Waals surface area contributed by atoms with Gasteiger partial charge in [-0.15, -0.1) is 0 Å². The van der Waals surface area contributed by atoms with Crippen molar-refractivity contribution in [3.8, 4) is 0 Å². The Morgan fingerprint density at radius 1 is 1.50 bits per heavy atom. The molecule has 0 atom stereocenters. The Morgan fingerprint density at radius 2 is 2.21 bits per heavy atom. The molecule has 2 nitrogen and oxygen atoms in total. The molecule has 0 radical (unpaired) electrons. The summed E-state index contributed by atoms with van der Waals surface area (Å²) in [5, 5.41) is 0. The summed E-state index contributed by atoms with van der Waals surface area (Å²) < 4.78 is 1.08. The van der Waals surface area contributed by atoms with Gasteiger partial charge in [0.2, 0.25) is 6.41 Å². The lowest BCUT2D eigenvalue weighted by Crippen LogP contribution is -2.20. The van der Waals surface area contributed by atoms with Gasteiger partial charge in [0.15, 0.2) is 0 Å². The number of rotatable bonds is 4. The molecule has 0 fully saturated rings. The van der Waals surface area contributed by atoms with Crippen molar-refractivity contribution in [3.05, 3.63) is 33.8 Å². The molecule has 0 unspecified atom stereocenters. The standard InChI is InChI=1S/C11H14BrNO/c1-3-13(8-14)7-10-4-5-11(12)6-9(10)2/h4-6,8H,3,7H2,1-2H3. The molecule has 0 saturated carbocycles. The zero-order chi connectivity index (χ0) is 10.6. The first kappa shape index (κ1) is 11.2. The molecule has 0 aliphatic rings. The van der Waals surface area contributed by atoms with E-state index in [9.17, 15) is 4.79 Å². The normalized spacial score (nSPS) is 9.93. The highest BCUT2D eigenvalue weighted by Crippen LogP contribution is 2.16. The van der Waals surface area contributed by atoms with Crippen molar-refractivity contribution >= 4 is 22.3 Å². The zero-order valence-electron chi connectivity index (χ0n) is 8.46. The average molecular weight is 256 g/mol. The van der Waals surface area contributed by atoms with Crippen LogP contribution in [0, 0.1) is 6.92 Å². The van der Waals surface area contributed by atoms with Crippen LogP contribution in [0.15, 0.2) is 22.7 Å². The lowest BCUT2D eigenvalue weighted by molar-refractivity contribution is -0.118. The van der Waals surface area contributed by atoms with Gasteiger partial charge in [0.05, 0.1) is 0 Å². The summed E-state index contributed by atoms with van der Waals surface area (Å²) in [5.74, 6) is 0. The summed E-state index contributed by atoms with van der Waals surface area (Å²) in [6.07, 6.45) is 0.890. The number of nitrogens with zero attached hydrogens (tertiary/aromatic N) is 1. The highest BCUT2D eigenvalue weighted by molar-refractivity contribution is 9.10. The Labute approximate surface area is 93.0 Å². The number of benzene rings is 1. The molecule has 0 aliphatic carbocycles. The summed E-state index contributed by atoms with van der Waals surface area (Å²) in [6.45, 7) is 5.47. The van der Waals surface area contributed by atoms with Crippen LogP contribution in [0.3, 0.4) is 0 Å². The highest BCUT2D eigenvalue weighted by Gasteiger charge is 2.03. The fraction of sp³-hybridized carbons (Fsp3) is 0.364. The van der Waals surface area contributed by atoms with Gasteiger partial charge in [0.25, 0.3) is 0 Å². The van der Waals surface area contributed by atoms with E-state index in [0.29, 0.717) is 6.54 Å². The molecule has 1 aromatic carbocycles. The van der Waals surface area contributed by atoms with Gasteiger partial charge in [-0.2, -0.15) is 0 Å². The van der Waals surface area contributed by atoms with Crippen LogP contribution in [0.4, 0.5) is 0 Å². The monoisotopic (exact) mass is 255 g/mol. The molecule has 76 valence electrons. The smallest absolute Gasteiger partial charge is 0.209 e. The Balaban J connectivity index is 2.80. The zero-order valence-corrected chi connectivity index (χ0v) is 10.0. The van der Waals surface area contributed by atoms with Crippen LogP contribution < -0.4 is 0 Å². The Bertz CT molecular complexity index is 325. The van der Waals surface area contributed by atoms with Crippen molar-refractivity contribution < 1.29 is 4.79 Å². The van der Waals surface area contributed by atoms with Crippen LogP contribution in [-0.4, -0.2) is 17.9 Å². The summed E-state index contributed by atoms with van der Waals surface area (Å²) >= 11 is 3.41. The van der Waals surface area contributed by atoms with Gasteiger partial charge in [-0.05, 0) is 37.1 Å². The summed E-state index contributed by atoms with van der Waals surface area (Å²) in [6, 6.07) is 6.11. The lowest BCUT2D eigenvalue weighted by atomic mass is 10.1. The number of carbonyl (C=O) groups is 1. The van der Waals surface area contributed by atoms with Gasteiger partial charge < -0.3 is 4.90 Å². The fourth-order valence-electron chi connectivity index (χ4n) is 1.28. The lowest BCUT2D eigenvalue weighted by Gasteiger charge is -2.16. The number of aryl methyl sites for hydroxylation is 1. The third kappa shape index (κ3) is 2.84. The molecule has 0 bridgehead atoms. The van der Waals surface area contributed by atoms with Crippen molar-refractivity contribution in [1.29, 1.82) is 0 Å². The van der Waals surface area contributed by atoms with Gasteiger partial charge in [0.1, 0.15) is 0 Å². The SMILES string of the molecule is CCN(C=O)Cc1ccc(Br)cc1C. The van der Waals surface area contributed by atoms with Gasteiger partial charge >= 0.3 is 0 Å². The Morgan fingerprint density at radius 3 is 2.71 bits per heavy atom. The Hall–Kier alpha value is -0.830. The molecule has 0 spiro atoms. The molecule has 1 rings (SSSR count). The predicted octanol–water partition coefficient (Wildman–Crippen LogP) is 2.74. The van der Waals surface area contributed by atoms with E-state index in [1.807, 2.05) is 19.1 Å². The molecule has 14 heavy (non-hydrogen) atoms. The minimum atomic E-state index is 0.694. The first-order valence-electron chi connectivity index (χ1n) is 4.61. The molecule has 0 aromatic heterocycles. The van der Waals surface area contributed by atoms with Crippen molar-refractivity contribution in [2.24, 2.45) is 0 Å². The molecule has 0 N–H and O–H groups in total. The third-order valence-electron chi connectivity index (χ3n) is 2.23. The minimum absolute atomic E-state index is 0.694. The van der Waals surface area contributed by atoms with Crippen LogP contribution in [0.2, 0.25) is 0 Å². The maximum absolute atomic E-state index is 10.6. The molecule has 0 aliphatic heterocycles. The van der Waals surface area contributed by atoms with E-state index in [0.717, 1.165) is 17.4 Å². The number of hydrogen-bond donors (Lipinski definition) is 0. The molecule has 1 amide bonds. The second-order valence-corrected chi connectivity index (χ2v) is 4.15. The summed E-state index contributed by atoms with van der Waals surface area (Å²) in [4.78, 5) is 12.4. The number of amides is 1. The molecule has 3 heteroatoms. The summed E-state index contributed by atoms with van der Waals surface area (Å²) in [5.41, 5.74) is 2.40. The van der Waals surface area contributed by atoms with Crippen LogP contribution >= 0.6 is 15.9 Å². The maximum atomic E-state index is 10.6. The molecule has 0 saturated heterocycles. The number of halogens is 1. The van der Waals surface area contributed by atoms with Crippen LogP contribution in [0.25, 0.3) is 0 Å². The first-order valence-corrected chi connectivity index (χ1v) is 5.41. The second-order valence-electron chi connectivity index (χ2n) is 3.24. The third-order valence-corrected chi connectivity index (χ3v) is 2.73. The van der Waals surface area contributed by atoms with E-state index in [-0.39, 0.29) is 0 Å².